The molecule has 1 aliphatic rings. The van der Waals surface area contributed by atoms with E-state index in [1.807, 2.05) is 37.3 Å². The van der Waals surface area contributed by atoms with Gasteiger partial charge in [0.15, 0.2) is 17.5 Å². The summed E-state index contributed by atoms with van der Waals surface area (Å²) in [5, 5.41) is 6.69. The van der Waals surface area contributed by atoms with Crippen LogP contribution in [0.3, 0.4) is 0 Å². The minimum absolute atomic E-state index is 0.0675. The summed E-state index contributed by atoms with van der Waals surface area (Å²) < 4.78 is 29.9. The van der Waals surface area contributed by atoms with Gasteiger partial charge in [-0.05, 0) is 36.8 Å². The Labute approximate surface area is 183 Å². The predicted octanol–water partition coefficient (Wildman–Crippen LogP) is 3.29. The molecule has 2 aromatic carbocycles. The molecule has 1 aliphatic heterocycles. The largest absolute Gasteiger partial charge is 0.493 e. The molecule has 1 saturated heterocycles. The maximum atomic E-state index is 13.4. The van der Waals surface area contributed by atoms with Crippen LogP contribution in [0.25, 0.3) is 0 Å². The number of nitrogens with one attached hydrogen (secondary N) is 2. The molecule has 1 fully saturated rings. The third-order valence-electron chi connectivity index (χ3n) is 5.15. The summed E-state index contributed by atoms with van der Waals surface area (Å²) in [5.74, 6) is 1.74. The van der Waals surface area contributed by atoms with Crippen molar-refractivity contribution in [3.05, 3.63) is 53.8 Å². The number of nitrogens with zero attached hydrogens (tertiary/aromatic N) is 2. The summed E-state index contributed by atoms with van der Waals surface area (Å²) in [4.78, 5) is 6.69. The zero-order valence-corrected chi connectivity index (χ0v) is 18.4. The van der Waals surface area contributed by atoms with E-state index in [2.05, 4.69) is 20.5 Å². The van der Waals surface area contributed by atoms with Gasteiger partial charge >= 0.3 is 0 Å². The number of guanidine groups is 1. The number of morpholine rings is 1. The van der Waals surface area contributed by atoms with E-state index in [-0.39, 0.29) is 11.9 Å². The first-order chi connectivity index (χ1) is 15.1. The molecule has 0 spiro atoms. The number of benzene rings is 2. The molecule has 8 heteroatoms. The van der Waals surface area contributed by atoms with Crippen molar-refractivity contribution in [2.45, 2.75) is 13.0 Å². The van der Waals surface area contributed by atoms with Crippen LogP contribution in [0.15, 0.2) is 47.5 Å². The molecule has 1 unspecified atom stereocenters. The number of hydrogen-bond acceptors (Lipinski definition) is 5. The lowest BCUT2D eigenvalue weighted by atomic mass is 10.0. The van der Waals surface area contributed by atoms with Crippen molar-refractivity contribution in [2.24, 2.45) is 4.99 Å². The van der Waals surface area contributed by atoms with Crippen LogP contribution in [0.4, 0.5) is 10.1 Å². The maximum Gasteiger partial charge on any atom is 0.195 e. The summed E-state index contributed by atoms with van der Waals surface area (Å²) in [7, 11) is 3.34. The van der Waals surface area contributed by atoms with Gasteiger partial charge in [-0.25, -0.2) is 4.39 Å². The first-order valence-corrected chi connectivity index (χ1v) is 10.5. The van der Waals surface area contributed by atoms with E-state index in [1.165, 1.54) is 12.1 Å². The average Bonchev–Trinajstić information content (AvgIpc) is 2.81. The zero-order chi connectivity index (χ0) is 22.1. The Morgan fingerprint density at radius 2 is 1.90 bits per heavy atom. The minimum Gasteiger partial charge on any atom is -0.493 e. The minimum atomic E-state index is -0.237. The second kappa shape index (κ2) is 11.5. The summed E-state index contributed by atoms with van der Waals surface area (Å²) in [5.41, 5.74) is 1.88. The predicted molar refractivity (Wildman–Crippen MR) is 121 cm³/mol. The van der Waals surface area contributed by atoms with Gasteiger partial charge in [0.25, 0.3) is 0 Å². The molecule has 2 aromatic rings. The highest BCUT2D eigenvalue weighted by Crippen LogP contribution is 2.30. The fraction of sp³-hybridized carbons (Fsp3) is 0.435. The summed E-state index contributed by atoms with van der Waals surface area (Å²) in [6.07, 6.45) is 0. The average molecular weight is 431 g/mol. The van der Waals surface area contributed by atoms with Gasteiger partial charge in [-0.15, -0.1) is 0 Å². The van der Waals surface area contributed by atoms with Gasteiger partial charge in [0.2, 0.25) is 0 Å². The van der Waals surface area contributed by atoms with Crippen molar-refractivity contribution in [3.63, 3.8) is 0 Å². The second-order valence-corrected chi connectivity index (χ2v) is 7.09. The smallest absolute Gasteiger partial charge is 0.195 e. The van der Waals surface area contributed by atoms with Crippen LogP contribution in [-0.2, 0) is 4.74 Å². The van der Waals surface area contributed by atoms with Crippen molar-refractivity contribution >= 4 is 11.6 Å². The molecule has 0 bridgehead atoms. The Kier molecular flexibility index (Phi) is 8.49. The van der Waals surface area contributed by atoms with Crippen LogP contribution < -0.4 is 20.1 Å². The molecule has 31 heavy (non-hydrogen) atoms. The zero-order valence-electron chi connectivity index (χ0n) is 18.4. The molecule has 1 heterocycles. The third kappa shape index (κ3) is 6.32. The van der Waals surface area contributed by atoms with E-state index in [0.29, 0.717) is 43.8 Å². The molecule has 0 amide bonds. The number of anilines is 1. The van der Waals surface area contributed by atoms with Crippen molar-refractivity contribution in [1.29, 1.82) is 0 Å². The van der Waals surface area contributed by atoms with Gasteiger partial charge in [-0.1, -0.05) is 12.1 Å². The lowest BCUT2D eigenvalue weighted by Gasteiger charge is -2.35. The van der Waals surface area contributed by atoms with Crippen LogP contribution in [0, 0.1) is 5.82 Å². The molecule has 2 N–H and O–H groups in total. The standard InChI is InChI=1S/C23H31FN4O3/c1-4-31-21-10-9-19(15-22(21)29-3)27-23(25-2)26-16-20(28-11-13-30-14-12-28)17-5-7-18(24)8-6-17/h5-10,15,20H,4,11-14,16H2,1-3H3,(H2,25,26,27). The van der Waals surface area contributed by atoms with Crippen molar-refractivity contribution in [1.82, 2.24) is 10.2 Å². The van der Waals surface area contributed by atoms with Gasteiger partial charge in [-0.3, -0.25) is 9.89 Å². The van der Waals surface area contributed by atoms with E-state index in [0.717, 1.165) is 24.3 Å². The highest BCUT2D eigenvalue weighted by molar-refractivity contribution is 5.93. The van der Waals surface area contributed by atoms with E-state index in [9.17, 15) is 4.39 Å². The van der Waals surface area contributed by atoms with E-state index >= 15 is 0 Å². The van der Waals surface area contributed by atoms with Crippen LogP contribution in [0.5, 0.6) is 11.5 Å². The molecular weight excluding hydrogens is 399 g/mol. The Morgan fingerprint density at radius 1 is 1.16 bits per heavy atom. The molecule has 3 rings (SSSR count). The number of rotatable bonds is 8. The molecular formula is C23H31FN4O3. The number of ether oxygens (including phenoxy) is 3. The molecule has 7 nitrogen and oxygen atoms in total. The van der Waals surface area contributed by atoms with Gasteiger partial charge in [0.1, 0.15) is 5.82 Å². The highest BCUT2D eigenvalue weighted by atomic mass is 19.1. The fourth-order valence-electron chi connectivity index (χ4n) is 3.56. The normalized spacial score (nSPS) is 15.9. The van der Waals surface area contributed by atoms with Gasteiger partial charge in [0, 0.05) is 38.4 Å². The van der Waals surface area contributed by atoms with Gasteiger partial charge in [0.05, 0.1) is 33.0 Å². The molecule has 0 saturated carbocycles. The SMILES string of the molecule is CCOc1ccc(NC(=NC)NCC(c2ccc(F)cc2)N2CCOCC2)cc1OC. The van der Waals surface area contributed by atoms with Crippen molar-refractivity contribution < 1.29 is 18.6 Å². The van der Waals surface area contributed by atoms with Crippen LogP contribution >= 0.6 is 0 Å². The topological polar surface area (TPSA) is 67.4 Å². The third-order valence-corrected chi connectivity index (χ3v) is 5.15. The lowest BCUT2D eigenvalue weighted by Crippen LogP contribution is -2.44. The number of methoxy groups -OCH3 is 1. The maximum absolute atomic E-state index is 13.4. The molecule has 168 valence electrons. The van der Waals surface area contributed by atoms with E-state index in [1.54, 1.807) is 14.2 Å². The van der Waals surface area contributed by atoms with Gasteiger partial charge < -0.3 is 24.8 Å². The Morgan fingerprint density at radius 3 is 2.55 bits per heavy atom. The molecule has 0 radical (unpaired) electrons. The summed E-state index contributed by atoms with van der Waals surface area (Å²) in [6, 6.07) is 12.4. The number of aliphatic imine (C=N–C) groups is 1. The Bertz CT molecular complexity index is 854. The first-order valence-electron chi connectivity index (χ1n) is 10.5. The van der Waals surface area contributed by atoms with Crippen molar-refractivity contribution in [2.75, 3.05) is 58.9 Å². The highest BCUT2D eigenvalue weighted by Gasteiger charge is 2.23. The molecule has 0 aliphatic carbocycles. The van der Waals surface area contributed by atoms with Gasteiger partial charge in [-0.2, -0.15) is 0 Å². The molecule has 0 aromatic heterocycles. The molecule has 1 atom stereocenters. The van der Waals surface area contributed by atoms with Crippen LogP contribution in [-0.4, -0.2) is 64.5 Å². The lowest BCUT2D eigenvalue weighted by molar-refractivity contribution is 0.0170. The monoisotopic (exact) mass is 430 g/mol. The van der Waals surface area contributed by atoms with E-state index in [4.69, 9.17) is 14.2 Å². The van der Waals surface area contributed by atoms with Crippen LogP contribution in [0.2, 0.25) is 0 Å². The first kappa shape index (κ1) is 22.8. The summed E-state index contributed by atoms with van der Waals surface area (Å²) in [6.45, 7) is 6.15. The quantitative estimate of drug-likeness (QED) is 0.495. The Balaban J connectivity index is 1.69. The summed E-state index contributed by atoms with van der Waals surface area (Å²) >= 11 is 0. The van der Waals surface area contributed by atoms with Crippen LogP contribution in [0.1, 0.15) is 18.5 Å². The van der Waals surface area contributed by atoms with Crippen molar-refractivity contribution in [3.8, 4) is 11.5 Å². The van der Waals surface area contributed by atoms with E-state index < -0.39 is 0 Å². The number of hydrogen-bond donors (Lipinski definition) is 2. The fourth-order valence-corrected chi connectivity index (χ4v) is 3.56. The second-order valence-electron chi connectivity index (χ2n) is 7.09. The number of halogens is 1. The Hall–Kier alpha value is -2.84.